The second kappa shape index (κ2) is 9.20. The number of carbonyl (C=O) groups is 2. The fourth-order valence-corrected chi connectivity index (χ4v) is 3.56. The summed E-state index contributed by atoms with van der Waals surface area (Å²) in [6.07, 6.45) is 2.32. The Morgan fingerprint density at radius 1 is 1.20 bits per heavy atom. The Kier molecular flexibility index (Phi) is 7.26. The van der Waals surface area contributed by atoms with E-state index in [9.17, 15) is 9.59 Å². The quantitative estimate of drug-likeness (QED) is 0.781. The van der Waals surface area contributed by atoms with Gasteiger partial charge in [0.05, 0.1) is 6.04 Å². The van der Waals surface area contributed by atoms with E-state index in [1.165, 1.54) is 6.92 Å². The van der Waals surface area contributed by atoms with Crippen LogP contribution in [0.2, 0.25) is 5.02 Å². The molecule has 0 aliphatic carbocycles. The highest BCUT2D eigenvalue weighted by atomic mass is 35.5. The lowest BCUT2D eigenvalue weighted by atomic mass is 10.0. The SMILES string of the molecule is CC(=O)N[C@@H](C(=O)NC[C@H](c1ccccc1Cl)N1CCCC1)C(C)C. The Hall–Kier alpha value is -1.59. The molecule has 2 amide bonds. The standard InChI is InChI=1S/C19H28ClN3O2/c1-13(2)18(22-14(3)24)19(25)21-12-17(23-10-6-7-11-23)15-8-4-5-9-16(15)20/h4-5,8-9,13,17-18H,6-7,10-12H2,1-3H3,(H,21,25)(H,22,24)/t17-,18-/m1/s1. The molecule has 138 valence electrons. The summed E-state index contributed by atoms with van der Waals surface area (Å²) in [5.74, 6) is -0.327. The van der Waals surface area contributed by atoms with Crippen molar-refractivity contribution in [1.29, 1.82) is 0 Å². The molecule has 2 rings (SSSR count). The summed E-state index contributed by atoms with van der Waals surface area (Å²) in [7, 11) is 0. The second-order valence-electron chi connectivity index (χ2n) is 6.95. The van der Waals surface area contributed by atoms with E-state index in [-0.39, 0.29) is 23.8 Å². The zero-order valence-electron chi connectivity index (χ0n) is 15.2. The number of likely N-dealkylation sites (tertiary alicyclic amines) is 1. The van der Waals surface area contributed by atoms with Crippen LogP contribution in [0.5, 0.6) is 0 Å². The first-order chi connectivity index (χ1) is 11.9. The van der Waals surface area contributed by atoms with E-state index >= 15 is 0 Å². The van der Waals surface area contributed by atoms with Gasteiger partial charge < -0.3 is 10.6 Å². The van der Waals surface area contributed by atoms with E-state index in [2.05, 4.69) is 15.5 Å². The van der Waals surface area contributed by atoms with E-state index in [1.54, 1.807) is 0 Å². The molecule has 5 nitrogen and oxygen atoms in total. The highest BCUT2D eigenvalue weighted by molar-refractivity contribution is 6.31. The molecule has 0 saturated carbocycles. The fraction of sp³-hybridized carbons (Fsp3) is 0.579. The van der Waals surface area contributed by atoms with Crippen molar-refractivity contribution in [2.24, 2.45) is 5.92 Å². The minimum absolute atomic E-state index is 0.0226. The minimum atomic E-state index is -0.525. The maximum Gasteiger partial charge on any atom is 0.242 e. The van der Waals surface area contributed by atoms with Crippen LogP contribution in [0.1, 0.15) is 45.2 Å². The average molecular weight is 366 g/mol. The number of amides is 2. The number of halogens is 1. The van der Waals surface area contributed by atoms with Crippen molar-refractivity contribution in [2.75, 3.05) is 19.6 Å². The summed E-state index contributed by atoms with van der Waals surface area (Å²) in [4.78, 5) is 26.3. The van der Waals surface area contributed by atoms with E-state index in [1.807, 2.05) is 38.1 Å². The molecule has 0 bridgehead atoms. The molecule has 1 aromatic rings. The summed E-state index contributed by atoms with van der Waals surface area (Å²) in [5.41, 5.74) is 1.03. The zero-order chi connectivity index (χ0) is 18.4. The van der Waals surface area contributed by atoms with Gasteiger partial charge >= 0.3 is 0 Å². The summed E-state index contributed by atoms with van der Waals surface area (Å²) in [6.45, 7) is 7.76. The maximum atomic E-state index is 12.6. The molecule has 1 aliphatic rings. The third-order valence-electron chi connectivity index (χ3n) is 4.62. The summed E-state index contributed by atoms with van der Waals surface area (Å²) >= 11 is 6.40. The largest absolute Gasteiger partial charge is 0.352 e. The molecule has 1 saturated heterocycles. The number of nitrogens with zero attached hydrogens (tertiary/aromatic N) is 1. The van der Waals surface area contributed by atoms with E-state index in [4.69, 9.17) is 11.6 Å². The lowest BCUT2D eigenvalue weighted by Crippen LogP contribution is -2.50. The van der Waals surface area contributed by atoms with Crippen LogP contribution in [-0.2, 0) is 9.59 Å². The first-order valence-electron chi connectivity index (χ1n) is 8.93. The first-order valence-corrected chi connectivity index (χ1v) is 9.31. The van der Waals surface area contributed by atoms with Crippen molar-refractivity contribution >= 4 is 23.4 Å². The van der Waals surface area contributed by atoms with Gasteiger partial charge in [0, 0.05) is 18.5 Å². The van der Waals surface area contributed by atoms with Gasteiger partial charge in [0.2, 0.25) is 11.8 Å². The molecule has 1 aromatic carbocycles. The van der Waals surface area contributed by atoms with Gasteiger partial charge in [0.1, 0.15) is 6.04 Å². The van der Waals surface area contributed by atoms with Gasteiger partial charge in [-0.15, -0.1) is 0 Å². The molecule has 6 heteroatoms. The van der Waals surface area contributed by atoms with Gasteiger partial charge in [0.15, 0.2) is 0 Å². The Labute approximate surface area is 155 Å². The summed E-state index contributed by atoms with van der Waals surface area (Å²) in [6, 6.07) is 7.31. The molecule has 0 aromatic heterocycles. The molecule has 0 radical (unpaired) electrons. The summed E-state index contributed by atoms with van der Waals surface area (Å²) < 4.78 is 0. The molecular formula is C19H28ClN3O2. The van der Waals surface area contributed by atoms with E-state index < -0.39 is 6.04 Å². The van der Waals surface area contributed by atoms with Crippen LogP contribution < -0.4 is 10.6 Å². The van der Waals surface area contributed by atoms with Crippen molar-refractivity contribution < 1.29 is 9.59 Å². The van der Waals surface area contributed by atoms with Gasteiger partial charge in [-0.25, -0.2) is 0 Å². The fourth-order valence-electron chi connectivity index (χ4n) is 3.30. The van der Waals surface area contributed by atoms with Gasteiger partial charge in [-0.05, 0) is 43.5 Å². The highest BCUT2D eigenvalue weighted by Crippen LogP contribution is 2.29. The van der Waals surface area contributed by atoms with Crippen molar-refractivity contribution in [3.63, 3.8) is 0 Å². The molecule has 2 atom stereocenters. The lowest BCUT2D eigenvalue weighted by molar-refractivity contribution is -0.129. The number of carbonyl (C=O) groups excluding carboxylic acids is 2. The third-order valence-corrected chi connectivity index (χ3v) is 4.97. The Morgan fingerprint density at radius 3 is 2.40 bits per heavy atom. The molecule has 1 heterocycles. The number of benzene rings is 1. The van der Waals surface area contributed by atoms with Crippen molar-refractivity contribution in [3.05, 3.63) is 34.9 Å². The van der Waals surface area contributed by atoms with Crippen LogP contribution >= 0.6 is 11.6 Å². The zero-order valence-corrected chi connectivity index (χ0v) is 16.0. The van der Waals surface area contributed by atoms with Crippen LogP contribution in [0.15, 0.2) is 24.3 Å². The predicted molar refractivity (Wildman–Crippen MR) is 100 cm³/mol. The molecule has 0 spiro atoms. The second-order valence-corrected chi connectivity index (χ2v) is 7.35. The number of rotatable bonds is 7. The van der Waals surface area contributed by atoms with Crippen molar-refractivity contribution in [2.45, 2.75) is 45.7 Å². The monoisotopic (exact) mass is 365 g/mol. The van der Waals surface area contributed by atoms with Crippen LogP contribution in [0, 0.1) is 5.92 Å². The topological polar surface area (TPSA) is 61.4 Å². The Morgan fingerprint density at radius 2 is 1.84 bits per heavy atom. The van der Waals surface area contributed by atoms with Crippen LogP contribution in [0.4, 0.5) is 0 Å². The number of hydrogen-bond acceptors (Lipinski definition) is 3. The van der Waals surface area contributed by atoms with E-state index in [0.717, 1.165) is 36.5 Å². The predicted octanol–water partition coefficient (Wildman–Crippen LogP) is 2.75. The summed E-state index contributed by atoms with van der Waals surface area (Å²) in [5, 5.41) is 6.47. The van der Waals surface area contributed by atoms with E-state index in [0.29, 0.717) is 6.54 Å². The van der Waals surface area contributed by atoms with Gasteiger partial charge in [-0.1, -0.05) is 43.6 Å². The Balaban J connectivity index is 2.10. The van der Waals surface area contributed by atoms with Gasteiger partial charge in [-0.2, -0.15) is 0 Å². The highest BCUT2D eigenvalue weighted by Gasteiger charge is 2.28. The van der Waals surface area contributed by atoms with Gasteiger partial charge in [-0.3, -0.25) is 14.5 Å². The third kappa shape index (κ3) is 5.44. The maximum absolute atomic E-state index is 12.6. The van der Waals surface area contributed by atoms with Crippen LogP contribution in [0.3, 0.4) is 0 Å². The van der Waals surface area contributed by atoms with Crippen LogP contribution in [0.25, 0.3) is 0 Å². The molecule has 1 aliphatic heterocycles. The smallest absolute Gasteiger partial charge is 0.242 e. The van der Waals surface area contributed by atoms with Crippen LogP contribution in [-0.4, -0.2) is 42.4 Å². The molecule has 2 N–H and O–H groups in total. The van der Waals surface area contributed by atoms with Crippen molar-refractivity contribution in [3.8, 4) is 0 Å². The number of hydrogen-bond donors (Lipinski definition) is 2. The molecule has 25 heavy (non-hydrogen) atoms. The molecule has 0 unspecified atom stereocenters. The average Bonchev–Trinajstić information content (AvgIpc) is 3.08. The lowest BCUT2D eigenvalue weighted by Gasteiger charge is -2.30. The number of nitrogens with one attached hydrogen (secondary N) is 2. The minimum Gasteiger partial charge on any atom is -0.352 e. The normalized spacial score (nSPS) is 17.3. The molecular weight excluding hydrogens is 338 g/mol. The Bertz CT molecular complexity index is 600. The van der Waals surface area contributed by atoms with Crippen molar-refractivity contribution in [1.82, 2.24) is 15.5 Å². The molecule has 1 fully saturated rings. The first kappa shape index (κ1) is 19.7. The van der Waals surface area contributed by atoms with Gasteiger partial charge in [0.25, 0.3) is 0 Å².